The number of anilines is 2. The van der Waals surface area contributed by atoms with Crippen LogP contribution in [0.25, 0.3) is 0 Å². The van der Waals surface area contributed by atoms with Crippen LogP contribution in [0.2, 0.25) is 0 Å². The molecule has 0 atom stereocenters. The highest BCUT2D eigenvalue weighted by Gasteiger charge is 2.10. The molecule has 33 heavy (non-hydrogen) atoms. The monoisotopic (exact) mass is 449 g/mol. The van der Waals surface area contributed by atoms with Gasteiger partial charge in [-0.1, -0.05) is 30.3 Å². The molecule has 0 aliphatic heterocycles. The zero-order valence-electron chi connectivity index (χ0n) is 18.3. The van der Waals surface area contributed by atoms with Crippen molar-refractivity contribution in [3.8, 4) is 0 Å². The lowest BCUT2D eigenvalue weighted by molar-refractivity contribution is -0.116. The van der Waals surface area contributed by atoms with Gasteiger partial charge in [0.1, 0.15) is 5.76 Å². The standard InChI is InChI=1S/C24H27N5O4/c1-29(17-18-6-3-2-4-7-18)24(32)25-14-13-22(30)27-19-9-11-20(12-10-19)28-23(31)26-16-21-8-5-15-33-21/h2-12,15H,13-14,16-17H2,1H3,(H,25,32)(H,27,30)(H2,26,28,31). The van der Waals surface area contributed by atoms with E-state index in [0.717, 1.165) is 5.56 Å². The maximum atomic E-state index is 12.2. The molecule has 0 radical (unpaired) electrons. The van der Waals surface area contributed by atoms with Crippen LogP contribution < -0.4 is 21.3 Å². The molecule has 9 nitrogen and oxygen atoms in total. The van der Waals surface area contributed by atoms with Crippen LogP contribution >= 0.6 is 0 Å². The van der Waals surface area contributed by atoms with E-state index in [9.17, 15) is 14.4 Å². The van der Waals surface area contributed by atoms with E-state index in [-0.39, 0.29) is 37.5 Å². The van der Waals surface area contributed by atoms with Crippen LogP contribution in [0.3, 0.4) is 0 Å². The third-order valence-electron chi connectivity index (χ3n) is 4.67. The van der Waals surface area contributed by atoms with Gasteiger partial charge in [0.05, 0.1) is 12.8 Å². The van der Waals surface area contributed by atoms with E-state index in [1.807, 2.05) is 30.3 Å². The van der Waals surface area contributed by atoms with Crippen molar-refractivity contribution in [2.24, 2.45) is 0 Å². The highest BCUT2D eigenvalue weighted by Crippen LogP contribution is 2.14. The van der Waals surface area contributed by atoms with Gasteiger partial charge in [-0.25, -0.2) is 9.59 Å². The summed E-state index contributed by atoms with van der Waals surface area (Å²) in [6.45, 7) is 0.991. The van der Waals surface area contributed by atoms with E-state index >= 15 is 0 Å². The number of nitrogens with zero attached hydrogens (tertiary/aromatic N) is 1. The van der Waals surface area contributed by atoms with E-state index < -0.39 is 0 Å². The average molecular weight is 450 g/mol. The molecule has 0 fully saturated rings. The number of hydrogen-bond acceptors (Lipinski definition) is 4. The molecule has 5 amide bonds. The van der Waals surface area contributed by atoms with Crippen LogP contribution in [-0.2, 0) is 17.9 Å². The normalized spacial score (nSPS) is 10.2. The van der Waals surface area contributed by atoms with Crippen LogP contribution in [-0.4, -0.2) is 36.5 Å². The van der Waals surface area contributed by atoms with Crippen molar-refractivity contribution in [3.05, 3.63) is 84.3 Å². The van der Waals surface area contributed by atoms with Crippen molar-refractivity contribution in [1.82, 2.24) is 15.5 Å². The first-order chi connectivity index (χ1) is 16.0. The van der Waals surface area contributed by atoms with Crippen LogP contribution in [0.4, 0.5) is 21.0 Å². The number of carbonyl (C=O) groups excluding carboxylic acids is 3. The fraction of sp³-hybridized carbons (Fsp3) is 0.208. The molecule has 0 aliphatic carbocycles. The third kappa shape index (κ3) is 8.06. The summed E-state index contributed by atoms with van der Waals surface area (Å²) in [7, 11) is 1.70. The molecule has 0 saturated heterocycles. The molecule has 1 heterocycles. The van der Waals surface area contributed by atoms with Gasteiger partial charge in [0.2, 0.25) is 5.91 Å². The Morgan fingerprint density at radius 2 is 1.55 bits per heavy atom. The zero-order valence-corrected chi connectivity index (χ0v) is 18.3. The van der Waals surface area contributed by atoms with E-state index in [1.54, 1.807) is 54.6 Å². The Labute approximate surface area is 192 Å². The minimum atomic E-state index is -0.365. The summed E-state index contributed by atoms with van der Waals surface area (Å²) in [6.07, 6.45) is 1.68. The van der Waals surface area contributed by atoms with E-state index in [2.05, 4.69) is 21.3 Å². The minimum Gasteiger partial charge on any atom is -0.467 e. The highest BCUT2D eigenvalue weighted by molar-refractivity contribution is 5.92. The topological polar surface area (TPSA) is 116 Å². The number of benzene rings is 2. The Morgan fingerprint density at radius 1 is 0.848 bits per heavy atom. The van der Waals surface area contributed by atoms with Crippen molar-refractivity contribution < 1.29 is 18.8 Å². The Kier molecular flexibility index (Phi) is 8.47. The first kappa shape index (κ1) is 23.4. The number of hydrogen-bond donors (Lipinski definition) is 4. The summed E-state index contributed by atoms with van der Waals surface area (Å²) in [6, 6.07) is 19.3. The molecule has 1 aromatic heterocycles. The van der Waals surface area contributed by atoms with Crippen molar-refractivity contribution >= 4 is 29.3 Å². The van der Waals surface area contributed by atoms with Crippen molar-refractivity contribution in [2.75, 3.05) is 24.2 Å². The largest absolute Gasteiger partial charge is 0.467 e. The molecule has 2 aromatic carbocycles. The smallest absolute Gasteiger partial charge is 0.319 e. The Hall–Kier alpha value is -4.27. The summed E-state index contributed by atoms with van der Waals surface area (Å²) >= 11 is 0. The molecule has 0 aliphatic rings. The molecule has 3 rings (SSSR count). The van der Waals surface area contributed by atoms with Crippen LogP contribution in [0.5, 0.6) is 0 Å². The van der Waals surface area contributed by atoms with Gasteiger partial charge in [-0.05, 0) is 42.0 Å². The Morgan fingerprint density at radius 3 is 2.21 bits per heavy atom. The zero-order chi connectivity index (χ0) is 23.5. The lowest BCUT2D eigenvalue weighted by Crippen LogP contribution is -2.38. The van der Waals surface area contributed by atoms with Crippen molar-refractivity contribution in [3.63, 3.8) is 0 Å². The van der Waals surface area contributed by atoms with E-state index in [4.69, 9.17) is 4.42 Å². The first-order valence-electron chi connectivity index (χ1n) is 10.5. The fourth-order valence-electron chi connectivity index (χ4n) is 2.96. The maximum absolute atomic E-state index is 12.2. The van der Waals surface area contributed by atoms with Gasteiger partial charge in [-0.3, -0.25) is 4.79 Å². The number of amides is 5. The number of rotatable bonds is 9. The maximum Gasteiger partial charge on any atom is 0.319 e. The molecule has 0 spiro atoms. The SMILES string of the molecule is CN(Cc1ccccc1)C(=O)NCCC(=O)Nc1ccc(NC(=O)NCc2ccco2)cc1. The molecule has 0 bridgehead atoms. The van der Waals surface area contributed by atoms with Gasteiger partial charge in [-0.2, -0.15) is 0 Å². The summed E-state index contributed by atoms with van der Waals surface area (Å²) in [5.74, 6) is 0.431. The number of furan rings is 1. The Balaban J connectivity index is 1.34. The lowest BCUT2D eigenvalue weighted by Gasteiger charge is -2.18. The predicted octanol–water partition coefficient (Wildman–Crippen LogP) is 3.77. The molecular formula is C24H27N5O4. The fourth-order valence-corrected chi connectivity index (χ4v) is 2.96. The molecule has 172 valence electrons. The van der Waals surface area contributed by atoms with Crippen molar-refractivity contribution in [2.45, 2.75) is 19.5 Å². The predicted molar refractivity (Wildman–Crippen MR) is 126 cm³/mol. The van der Waals surface area contributed by atoms with Gasteiger partial charge in [-0.15, -0.1) is 0 Å². The lowest BCUT2D eigenvalue weighted by atomic mass is 10.2. The molecule has 4 N–H and O–H groups in total. The van der Waals surface area contributed by atoms with Crippen LogP contribution in [0.15, 0.2) is 77.4 Å². The van der Waals surface area contributed by atoms with Crippen molar-refractivity contribution in [1.29, 1.82) is 0 Å². The number of urea groups is 2. The Bertz CT molecular complexity index is 1040. The second kappa shape index (κ2) is 11.9. The molecule has 3 aromatic rings. The molecule has 0 saturated carbocycles. The molecule has 0 unspecified atom stereocenters. The number of carbonyl (C=O) groups is 3. The van der Waals surface area contributed by atoms with Gasteiger partial charge < -0.3 is 30.6 Å². The van der Waals surface area contributed by atoms with Gasteiger partial charge in [0.15, 0.2) is 0 Å². The minimum absolute atomic E-state index is 0.139. The summed E-state index contributed by atoms with van der Waals surface area (Å²) < 4.78 is 5.16. The number of nitrogens with one attached hydrogen (secondary N) is 4. The van der Waals surface area contributed by atoms with Gasteiger partial charge >= 0.3 is 12.1 Å². The molecule has 9 heteroatoms. The van der Waals surface area contributed by atoms with Crippen LogP contribution in [0, 0.1) is 0 Å². The highest BCUT2D eigenvalue weighted by atomic mass is 16.3. The summed E-state index contributed by atoms with van der Waals surface area (Å²) in [5.41, 5.74) is 2.20. The second-order valence-electron chi connectivity index (χ2n) is 7.34. The summed E-state index contributed by atoms with van der Waals surface area (Å²) in [4.78, 5) is 37.8. The van der Waals surface area contributed by atoms with E-state index in [1.165, 1.54) is 0 Å². The first-order valence-corrected chi connectivity index (χ1v) is 10.5. The molecular weight excluding hydrogens is 422 g/mol. The van der Waals surface area contributed by atoms with Gasteiger partial charge in [0, 0.05) is 37.9 Å². The van der Waals surface area contributed by atoms with E-state index in [0.29, 0.717) is 23.7 Å². The second-order valence-corrected chi connectivity index (χ2v) is 7.34. The third-order valence-corrected chi connectivity index (χ3v) is 4.67. The average Bonchev–Trinajstić information content (AvgIpc) is 3.33. The summed E-state index contributed by atoms with van der Waals surface area (Å²) in [5, 5.41) is 10.9. The van der Waals surface area contributed by atoms with Crippen LogP contribution in [0.1, 0.15) is 17.7 Å². The van der Waals surface area contributed by atoms with Gasteiger partial charge in [0.25, 0.3) is 0 Å². The quantitative estimate of drug-likeness (QED) is 0.398.